The molecular formula is C7H9BO2S. The summed E-state index contributed by atoms with van der Waals surface area (Å²) in [5.74, 6) is -0.369. The SMILES string of the molecule is CB(c1ccccc1)[SH](=O)=O. The summed E-state index contributed by atoms with van der Waals surface area (Å²) < 4.78 is 21.1. The van der Waals surface area contributed by atoms with E-state index in [2.05, 4.69) is 0 Å². The van der Waals surface area contributed by atoms with Crippen LogP contribution in [0.4, 0.5) is 0 Å². The molecule has 0 radical (unpaired) electrons. The fourth-order valence-corrected chi connectivity index (χ4v) is 1.27. The zero-order valence-corrected chi connectivity index (χ0v) is 7.12. The monoisotopic (exact) mass is 168 g/mol. The molecule has 1 aromatic rings. The highest BCUT2D eigenvalue weighted by molar-refractivity contribution is 8.05. The van der Waals surface area contributed by atoms with Gasteiger partial charge in [-0.2, -0.15) is 0 Å². The van der Waals surface area contributed by atoms with Gasteiger partial charge in [-0.3, -0.25) is 0 Å². The van der Waals surface area contributed by atoms with Gasteiger partial charge >= 0.3 is 5.99 Å². The predicted octanol–water partition coefficient (Wildman–Crippen LogP) is 0.126. The first-order chi connectivity index (χ1) is 5.22. The fraction of sp³-hybridized carbons (Fsp3) is 0.143. The van der Waals surface area contributed by atoms with E-state index in [1.807, 2.05) is 30.3 Å². The summed E-state index contributed by atoms with van der Waals surface area (Å²) >= 11 is 0. The molecule has 0 heterocycles. The Bertz CT molecular complexity index is 287. The lowest BCUT2D eigenvalue weighted by Crippen LogP contribution is -2.27. The molecular weight excluding hydrogens is 159 g/mol. The summed E-state index contributed by atoms with van der Waals surface area (Å²) in [7, 11) is -2.34. The third-order valence-corrected chi connectivity index (χ3v) is 2.53. The minimum absolute atomic E-state index is 0.369. The Kier molecular flexibility index (Phi) is 2.71. The average Bonchev–Trinajstić information content (AvgIpc) is 2.05. The minimum Gasteiger partial charge on any atom is -0.244 e. The normalized spacial score (nSPS) is 10.0. The van der Waals surface area contributed by atoms with Crippen LogP contribution in [0.1, 0.15) is 0 Å². The molecule has 0 unspecified atom stereocenters. The molecule has 1 aromatic carbocycles. The van der Waals surface area contributed by atoms with Crippen molar-refractivity contribution in [3.8, 4) is 0 Å². The van der Waals surface area contributed by atoms with E-state index in [-0.39, 0.29) is 5.99 Å². The van der Waals surface area contributed by atoms with E-state index in [9.17, 15) is 8.42 Å². The predicted molar refractivity (Wildman–Crippen MR) is 48.0 cm³/mol. The molecule has 0 saturated heterocycles. The zero-order chi connectivity index (χ0) is 8.27. The Morgan fingerprint density at radius 1 is 1.18 bits per heavy atom. The number of hydrogen-bond donors (Lipinski definition) is 1. The summed E-state index contributed by atoms with van der Waals surface area (Å²) in [6, 6.07) is 9.18. The maximum Gasteiger partial charge on any atom is 0.316 e. The number of thiol groups is 1. The van der Waals surface area contributed by atoms with Gasteiger partial charge in [0.2, 0.25) is 0 Å². The van der Waals surface area contributed by atoms with Crippen LogP contribution in [-0.4, -0.2) is 14.4 Å². The molecule has 0 saturated carbocycles. The van der Waals surface area contributed by atoms with Crippen molar-refractivity contribution in [3.05, 3.63) is 30.3 Å². The third kappa shape index (κ3) is 2.08. The summed E-state index contributed by atoms with van der Waals surface area (Å²) in [6.07, 6.45) is 0. The van der Waals surface area contributed by atoms with E-state index in [0.717, 1.165) is 5.46 Å². The van der Waals surface area contributed by atoms with Crippen molar-refractivity contribution in [1.82, 2.24) is 0 Å². The van der Waals surface area contributed by atoms with Crippen LogP contribution >= 0.6 is 0 Å². The largest absolute Gasteiger partial charge is 0.316 e. The van der Waals surface area contributed by atoms with Crippen molar-refractivity contribution >= 4 is 22.0 Å². The lowest BCUT2D eigenvalue weighted by atomic mass is 9.71. The standard InChI is InChI=1S/C7H9BO2S/c1-8(11(9)10)7-5-3-2-4-6-7/h2-6,11H,1H3. The van der Waals surface area contributed by atoms with Gasteiger partial charge in [-0.25, -0.2) is 8.42 Å². The molecule has 0 atom stereocenters. The van der Waals surface area contributed by atoms with E-state index in [4.69, 9.17) is 0 Å². The Hall–Kier alpha value is -0.765. The first-order valence-electron chi connectivity index (χ1n) is 3.40. The molecule has 0 aliphatic rings. The fourth-order valence-electron chi connectivity index (χ4n) is 0.853. The Morgan fingerprint density at radius 2 is 1.73 bits per heavy atom. The van der Waals surface area contributed by atoms with Gasteiger partial charge in [-0.1, -0.05) is 42.6 Å². The molecule has 0 bridgehead atoms. The Labute approximate surface area is 68.2 Å². The van der Waals surface area contributed by atoms with Crippen molar-refractivity contribution in [2.75, 3.05) is 0 Å². The summed E-state index contributed by atoms with van der Waals surface area (Å²) in [6.45, 7) is 1.68. The van der Waals surface area contributed by atoms with Crippen LogP contribution in [0.3, 0.4) is 0 Å². The molecule has 0 aromatic heterocycles. The highest BCUT2D eigenvalue weighted by Gasteiger charge is 2.12. The Balaban J connectivity index is 2.94. The van der Waals surface area contributed by atoms with Crippen molar-refractivity contribution in [2.24, 2.45) is 0 Å². The summed E-state index contributed by atoms with van der Waals surface area (Å²) in [5.41, 5.74) is 0.851. The number of hydrogen-bond acceptors (Lipinski definition) is 2. The second-order valence-corrected chi connectivity index (χ2v) is 3.72. The molecule has 0 aliphatic carbocycles. The van der Waals surface area contributed by atoms with Gasteiger partial charge in [0.15, 0.2) is 0 Å². The quantitative estimate of drug-likeness (QED) is 0.502. The molecule has 0 aliphatic heterocycles. The van der Waals surface area contributed by atoms with Crippen molar-refractivity contribution in [1.29, 1.82) is 0 Å². The van der Waals surface area contributed by atoms with Crippen LogP contribution in [0.5, 0.6) is 0 Å². The van der Waals surface area contributed by atoms with Gasteiger partial charge in [0.1, 0.15) is 10.6 Å². The van der Waals surface area contributed by atoms with E-state index in [1.165, 1.54) is 0 Å². The van der Waals surface area contributed by atoms with E-state index in [0.29, 0.717) is 0 Å². The number of benzene rings is 1. The van der Waals surface area contributed by atoms with Crippen molar-refractivity contribution in [2.45, 2.75) is 6.82 Å². The Morgan fingerprint density at radius 3 is 2.18 bits per heavy atom. The highest BCUT2D eigenvalue weighted by Crippen LogP contribution is 1.87. The average molecular weight is 168 g/mol. The molecule has 58 valence electrons. The maximum atomic E-state index is 10.5. The van der Waals surface area contributed by atoms with Crippen LogP contribution in [0.15, 0.2) is 30.3 Å². The van der Waals surface area contributed by atoms with Gasteiger partial charge in [0.25, 0.3) is 0 Å². The summed E-state index contributed by atoms with van der Waals surface area (Å²) in [5, 5.41) is 0. The second kappa shape index (κ2) is 3.58. The first kappa shape index (κ1) is 8.33. The van der Waals surface area contributed by atoms with E-state index < -0.39 is 10.6 Å². The van der Waals surface area contributed by atoms with Crippen LogP contribution in [0.2, 0.25) is 6.82 Å². The van der Waals surface area contributed by atoms with E-state index >= 15 is 0 Å². The van der Waals surface area contributed by atoms with Crippen LogP contribution < -0.4 is 5.46 Å². The van der Waals surface area contributed by atoms with Gasteiger partial charge in [-0.15, -0.1) is 0 Å². The molecule has 0 fully saturated rings. The molecule has 11 heavy (non-hydrogen) atoms. The smallest absolute Gasteiger partial charge is 0.244 e. The molecule has 0 spiro atoms. The topological polar surface area (TPSA) is 34.1 Å². The van der Waals surface area contributed by atoms with E-state index in [1.54, 1.807) is 6.82 Å². The van der Waals surface area contributed by atoms with Gasteiger partial charge in [0.05, 0.1) is 0 Å². The third-order valence-electron chi connectivity index (χ3n) is 1.60. The lowest BCUT2D eigenvalue weighted by molar-refractivity contribution is 0.625. The molecule has 0 amide bonds. The minimum atomic E-state index is -2.34. The van der Waals surface area contributed by atoms with Gasteiger partial charge < -0.3 is 0 Å². The number of rotatable bonds is 2. The second-order valence-electron chi connectivity index (χ2n) is 2.37. The first-order valence-corrected chi connectivity index (χ1v) is 4.65. The maximum absolute atomic E-state index is 10.5. The zero-order valence-electron chi connectivity index (χ0n) is 6.23. The molecule has 0 N–H and O–H groups in total. The molecule has 4 heteroatoms. The van der Waals surface area contributed by atoms with Crippen LogP contribution in [-0.2, 0) is 10.6 Å². The summed E-state index contributed by atoms with van der Waals surface area (Å²) in [4.78, 5) is 0. The van der Waals surface area contributed by atoms with Gasteiger partial charge in [-0.05, 0) is 0 Å². The van der Waals surface area contributed by atoms with Crippen LogP contribution in [0.25, 0.3) is 0 Å². The molecule has 1 rings (SSSR count). The van der Waals surface area contributed by atoms with Gasteiger partial charge in [0, 0.05) is 0 Å². The lowest BCUT2D eigenvalue weighted by Gasteiger charge is -1.97. The van der Waals surface area contributed by atoms with Crippen molar-refractivity contribution in [3.63, 3.8) is 0 Å². The highest BCUT2D eigenvalue weighted by atomic mass is 32.2. The van der Waals surface area contributed by atoms with Crippen molar-refractivity contribution < 1.29 is 8.42 Å². The van der Waals surface area contributed by atoms with Crippen LogP contribution in [0, 0.1) is 0 Å². The molecule has 2 nitrogen and oxygen atoms in total.